The van der Waals surface area contributed by atoms with Gasteiger partial charge < -0.3 is 13.9 Å². The Bertz CT molecular complexity index is 4180. The van der Waals surface area contributed by atoms with E-state index >= 15 is 0 Å². The second-order valence-electron chi connectivity index (χ2n) is 17.6. The van der Waals surface area contributed by atoms with Crippen molar-refractivity contribution in [3.8, 4) is 39.1 Å². The summed E-state index contributed by atoms with van der Waals surface area (Å²) in [6, 6.07) is 91.2. The highest BCUT2D eigenvalue weighted by Crippen LogP contribution is 2.48. The maximum Gasteiger partial charge on any atom is 0.0625 e. The first-order valence-electron chi connectivity index (χ1n) is 23.1. The minimum absolute atomic E-state index is 1.09. The van der Waals surface area contributed by atoms with Crippen LogP contribution in [0.25, 0.3) is 110 Å². The van der Waals surface area contributed by atoms with Gasteiger partial charge in [0.1, 0.15) is 0 Å². The number of anilines is 3. The molecule has 0 unspecified atom stereocenters. The Hall–Kier alpha value is -8.92. The first kappa shape index (κ1) is 37.5. The average Bonchev–Trinajstić information content (AvgIpc) is 3.93. The lowest BCUT2D eigenvalue weighted by Gasteiger charge is -2.28. The monoisotopic (exact) mass is 851 g/mol. The molecule has 3 aromatic heterocycles. The molecular formula is C64H41N3. The molecular weight excluding hydrogens is 811 g/mol. The lowest BCUT2D eigenvalue weighted by molar-refractivity contribution is 1.18. The maximum absolute atomic E-state index is 2.50. The molecule has 0 amide bonds. The van der Waals surface area contributed by atoms with Crippen molar-refractivity contribution in [2.75, 3.05) is 4.90 Å². The molecule has 312 valence electrons. The molecule has 3 nitrogen and oxygen atoms in total. The van der Waals surface area contributed by atoms with Crippen LogP contribution in [0.1, 0.15) is 0 Å². The molecule has 0 saturated carbocycles. The Morgan fingerprint density at radius 1 is 0.284 bits per heavy atom. The summed E-state index contributed by atoms with van der Waals surface area (Å²) < 4.78 is 4.95. The van der Waals surface area contributed by atoms with Crippen LogP contribution in [-0.4, -0.2) is 8.97 Å². The van der Waals surface area contributed by atoms with Crippen LogP contribution in [0, 0.1) is 0 Å². The number of hydrogen-bond acceptors (Lipinski definition) is 1. The van der Waals surface area contributed by atoms with Crippen molar-refractivity contribution < 1.29 is 0 Å². The molecule has 0 aliphatic rings. The van der Waals surface area contributed by atoms with E-state index in [9.17, 15) is 0 Å². The lowest BCUT2D eigenvalue weighted by Crippen LogP contribution is -2.11. The van der Waals surface area contributed by atoms with E-state index in [4.69, 9.17) is 0 Å². The van der Waals surface area contributed by atoms with E-state index in [-0.39, 0.29) is 0 Å². The quantitative estimate of drug-likeness (QED) is 0.115. The van der Waals surface area contributed by atoms with E-state index in [0.717, 1.165) is 28.3 Å². The molecule has 3 heteroatoms. The van der Waals surface area contributed by atoms with Crippen LogP contribution in [0.5, 0.6) is 0 Å². The Kier molecular flexibility index (Phi) is 8.28. The van der Waals surface area contributed by atoms with Crippen LogP contribution in [0.15, 0.2) is 249 Å². The van der Waals surface area contributed by atoms with Crippen molar-refractivity contribution in [3.63, 3.8) is 0 Å². The molecule has 0 fully saturated rings. The van der Waals surface area contributed by atoms with E-state index in [2.05, 4.69) is 263 Å². The molecule has 0 spiro atoms. The standard InChI is InChI=1S/C64H41N3/c1-4-17-42(18-5-1)43-33-35-47(36-34-43)65(59-40-39-52-54-28-15-27-53-51-25-10-12-30-57(51)67(63(53)54)60-32-16-29-55(59)61(52)60)48-24-14-21-45(41-48)49-37-38-50(44-19-6-2-7-20-44)64-62(49)56-26-11-13-31-58(56)66(64)46-22-8-3-9-23-46/h1-41H. The van der Waals surface area contributed by atoms with Crippen LogP contribution in [0.3, 0.4) is 0 Å². The van der Waals surface area contributed by atoms with Crippen LogP contribution >= 0.6 is 0 Å². The Labute approximate surface area is 387 Å². The fraction of sp³-hybridized carbons (Fsp3) is 0. The summed E-state index contributed by atoms with van der Waals surface area (Å²) in [5.74, 6) is 0. The van der Waals surface area contributed by atoms with Gasteiger partial charge in [-0.05, 0) is 93.9 Å². The Morgan fingerprint density at radius 3 is 1.64 bits per heavy atom. The van der Waals surface area contributed by atoms with Crippen molar-refractivity contribution in [1.82, 2.24) is 8.97 Å². The minimum Gasteiger partial charge on any atom is -0.310 e. The van der Waals surface area contributed by atoms with E-state index in [1.54, 1.807) is 0 Å². The predicted molar refractivity (Wildman–Crippen MR) is 284 cm³/mol. The van der Waals surface area contributed by atoms with Gasteiger partial charge in [-0.1, -0.05) is 188 Å². The van der Waals surface area contributed by atoms with Gasteiger partial charge >= 0.3 is 0 Å². The molecule has 3 heterocycles. The smallest absolute Gasteiger partial charge is 0.0625 e. The zero-order valence-electron chi connectivity index (χ0n) is 36.5. The number of fused-ring (bicyclic) bond motifs is 8. The molecule has 11 aromatic carbocycles. The predicted octanol–water partition coefficient (Wildman–Crippen LogP) is 17.6. The summed E-state index contributed by atoms with van der Waals surface area (Å²) in [6.45, 7) is 0. The maximum atomic E-state index is 2.50. The van der Waals surface area contributed by atoms with E-state index in [1.165, 1.54) is 98.5 Å². The highest BCUT2D eigenvalue weighted by Gasteiger charge is 2.24. The third-order valence-electron chi connectivity index (χ3n) is 14.0. The van der Waals surface area contributed by atoms with Gasteiger partial charge in [0.15, 0.2) is 0 Å². The van der Waals surface area contributed by atoms with Crippen molar-refractivity contribution in [3.05, 3.63) is 249 Å². The van der Waals surface area contributed by atoms with Crippen molar-refractivity contribution in [1.29, 1.82) is 0 Å². The highest BCUT2D eigenvalue weighted by atomic mass is 15.1. The van der Waals surface area contributed by atoms with Crippen molar-refractivity contribution in [2.24, 2.45) is 0 Å². The van der Waals surface area contributed by atoms with Gasteiger partial charge in [0.25, 0.3) is 0 Å². The highest BCUT2D eigenvalue weighted by molar-refractivity contribution is 6.28. The molecule has 67 heavy (non-hydrogen) atoms. The number of pyridine rings is 1. The molecule has 0 saturated heterocycles. The average molecular weight is 852 g/mol. The van der Waals surface area contributed by atoms with Gasteiger partial charge in [0, 0.05) is 60.3 Å². The summed E-state index contributed by atoms with van der Waals surface area (Å²) in [4.78, 5) is 2.47. The van der Waals surface area contributed by atoms with Gasteiger partial charge in [0.05, 0.1) is 33.3 Å². The van der Waals surface area contributed by atoms with E-state index in [1.807, 2.05) is 0 Å². The van der Waals surface area contributed by atoms with Crippen LogP contribution in [-0.2, 0) is 0 Å². The summed E-state index contributed by atoms with van der Waals surface area (Å²) in [5, 5.41) is 10.0. The van der Waals surface area contributed by atoms with Gasteiger partial charge in [-0.15, -0.1) is 0 Å². The third kappa shape index (κ3) is 5.65. The molecule has 14 rings (SSSR count). The van der Waals surface area contributed by atoms with E-state index in [0.29, 0.717) is 0 Å². The van der Waals surface area contributed by atoms with Gasteiger partial charge in [-0.2, -0.15) is 0 Å². The number of para-hydroxylation sites is 4. The number of aromatic nitrogens is 2. The first-order chi connectivity index (χ1) is 33.3. The minimum atomic E-state index is 1.09. The summed E-state index contributed by atoms with van der Waals surface area (Å²) in [5.41, 5.74) is 17.7. The second-order valence-corrected chi connectivity index (χ2v) is 17.6. The fourth-order valence-electron chi connectivity index (χ4n) is 11.2. The zero-order valence-corrected chi connectivity index (χ0v) is 36.5. The first-order valence-corrected chi connectivity index (χ1v) is 23.1. The van der Waals surface area contributed by atoms with Crippen LogP contribution < -0.4 is 4.90 Å². The Balaban J connectivity index is 1.03. The summed E-state index contributed by atoms with van der Waals surface area (Å²) in [6.07, 6.45) is 0. The molecule has 0 aliphatic heterocycles. The fourth-order valence-corrected chi connectivity index (χ4v) is 11.2. The SMILES string of the molecule is c1ccc(-c2ccc(N(c3cccc(-c4ccc(-c5ccccc5)c5c4c4ccccc4n5-c4ccccc4)c3)c3ccc4c5cccc6c7ccccc7n(c7cccc3c47)c56)cc2)cc1. The molecule has 0 bridgehead atoms. The topological polar surface area (TPSA) is 12.6 Å². The number of nitrogens with zero attached hydrogens (tertiary/aromatic N) is 3. The zero-order chi connectivity index (χ0) is 44.0. The molecule has 0 radical (unpaired) electrons. The normalized spacial score (nSPS) is 11.9. The lowest BCUT2D eigenvalue weighted by atomic mass is 9.94. The van der Waals surface area contributed by atoms with Gasteiger partial charge in [-0.3, -0.25) is 0 Å². The molecule has 0 aliphatic carbocycles. The van der Waals surface area contributed by atoms with Crippen LogP contribution in [0.4, 0.5) is 17.1 Å². The number of rotatable bonds is 7. The summed E-state index contributed by atoms with van der Waals surface area (Å²) in [7, 11) is 0. The van der Waals surface area contributed by atoms with Crippen LogP contribution in [0.2, 0.25) is 0 Å². The molecule has 0 atom stereocenters. The summed E-state index contributed by atoms with van der Waals surface area (Å²) >= 11 is 0. The van der Waals surface area contributed by atoms with Gasteiger partial charge in [0.2, 0.25) is 0 Å². The second kappa shape index (κ2) is 14.8. The van der Waals surface area contributed by atoms with Crippen molar-refractivity contribution in [2.45, 2.75) is 0 Å². The van der Waals surface area contributed by atoms with Crippen molar-refractivity contribution >= 4 is 87.7 Å². The van der Waals surface area contributed by atoms with E-state index < -0.39 is 0 Å². The van der Waals surface area contributed by atoms with Gasteiger partial charge in [-0.25, -0.2) is 0 Å². The molecule has 14 aromatic rings. The Morgan fingerprint density at radius 2 is 0.851 bits per heavy atom. The third-order valence-corrected chi connectivity index (χ3v) is 14.0. The number of hydrogen-bond donors (Lipinski definition) is 0. The number of benzene rings is 11. The largest absolute Gasteiger partial charge is 0.310 e. The molecule has 0 N–H and O–H groups in total.